The Morgan fingerprint density at radius 3 is 1.62 bits per heavy atom. The van der Waals surface area contributed by atoms with Gasteiger partial charge in [0.25, 0.3) is 0 Å². The lowest BCUT2D eigenvalue weighted by atomic mass is 9.75. The molecule has 0 saturated carbocycles. The molecule has 0 saturated heterocycles. The van der Waals surface area contributed by atoms with Crippen molar-refractivity contribution in [3.63, 3.8) is 0 Å². The fraction of sp³-hybridized carbons (Fsp3) is 0.944. The standard InChI is InChI=1S/C18H38N2O/c1-15(2,3)11-13(18(9,10)19)14(21)20-17(7,8)12-16(4,5)6/h13H,11-12,19H2,1-10H3,(H,20,21). The Bertz CT molecular complexity index is 351. The second-order valence-corrected chi connectivity index (χ2v) is 10.2. The normalized spacial score (nSPS) is 15.8. The van der Waals surface area contributed by atoms with Crippen LogP contribution in [0, 0.1) is 16.7 Å². The molecule has 3 nitrogen and oxygen atoms in total. The molecule has 0 aromatic rings. The van der Waals surface area contributed by atoms with Crippen molar-refractivity contribution in [2.45, 2.75) is 93.2 Å². The molecule has 0 spiro atoms. The summed E-state index contributed by atoms with van der Waals surface area (Å²) in [5.74, 6) is -0.108. The quantitative estimate of drug-likeness (QED) is 0.802. The molecular weight excluding hydrogens is 260 g/mol. The first-order valence-electron chi connectivity index (χ1n) is 8.04. The molecule has 0 heterocycles. The molecule has 3 heteroatoms. The molecule has 0 aromatic heterocycles. The highest BCUT2D eigenvalue weighted by Gasteiger charge is 2.37. The van der Waals surface area contributed by atoms with E-state index in [0.717, 1.165) is 12.8 Å². The van der Waals surface area contributed by atoms with Crippen LogP contribution >= 0.6 is 0 Å². The largest absolute Gasteiger partial charge is 0.351 e. The second kappa shape index (κ2) is 6.28. The van der Waals surface area contributed by atoms with E-state index >= 15 is 0 Å². The summed E-state index contributed by atoms with van der Waals surface area (Å²) in [4.78, 5) is 12.8. The van der Waals surface area contributed by atoms with E-state index in [1.165, 1.54) is 0 Å². The molecular formula is C18H38N2O. The molecule has 1 atom stereocenters. The summed E-state index contributed by atoms with van der Waals surface area (Å²) in [6, 6.07) is 0. The summed E-state index contributed by atoms with van der Waals surface area (Å²) in [6.07, 6.45) is 1.72. The van der Waals surface area contributed by atoms with Crippen molar-refractivity contribution in [2.75, 3.05) is 0 Å². The van der Waals surface area contributed by atoms with Gasteiger partial charge >= 0.3 is 0 Å². The predicted molar refractivity (Wildman–Crippen MR) is 92.1 cm³/mol. The van der Waals surface area contributed by atoms with Gasteiger partial charge in [0.15, 0.2) is 0 Å². The summed E-state index contributed by atoms with van der Waals surface area (Å²) in [5.41, 5.74) is 5.78. The summed E-state index contributed by atoms with van der Waals surface area (Å²) in [7, 11) is 0. The SMILES string of the molecule is CC(C)(C)CC(C(=O)NC(C)(C)CC(C)(C)C)C(C)(C)N. The van der Waals surface area contributed by atoms with Gasteiger partial charge in [0, 0.05) is 11.1 Å². The average Bonchev–Trinajstić information content (AvgIpc) is 2.05. The van der Waals surface area contributed by atoms with E-state index < -0.39 is 5.54 Å². The monoisotopic (exact) mass is 298 g/mol. The molecule has 0 bridgehead atoms. The number of carbonyl (C=O) groups excluding carboxylic acids is 1. The molecule has 0 fully saturated rings. The van der Waals surface area contributed by atoms with Gasteiger partial charge < -0.3 is 11.1 Å². The molecule has 0 aliphatic heterocycles. The molecule has 0 radical (unpaired) electrons. The third kappa shape index (κ3) is 9.13. The fourth-order valence-corrected chi connectivity index (χ4v) is 3.10. The number of hydrogen-bond donors (Lipinski definition) is 2. The zero-order chi connectivity index (χ0) is 17.3. The molecule has 1 unspecified atom stereocenters. The number of carbonyl (C=O) groups is 1. The first-order chi connectivity index (χ1) is 8.93. The molecule has 1 amide bonds. The Morgan fingerprint density at radius 1 is 0.905 bits per heavy atom. The summed E-state index contributed by atoms with van der Waals surface area (Å²) >= 11 is 0. The highest BCUT2D eigenvalue weighted by Crippen LogP contribution is 2.32. The third-order valence-electron chi connectivity index (χ3n) is 3.46. The van der Waals surface area contributed by atoms with Crippen LogP contribution in [0.4, 0.5) is 0 Å². The van der Waals surface area contributed by atoms with Crippen molar-refractivity contribution in [1.29, 1.82) is 0 Å². The molecule has 126 valence electrons. The zero-order valence-electron chi connectivity index (χ0n) is 16.0. The van der Waals surface area contributed by atoms with E-state index in [9.17, 15) is 4.79 Å². The van der Waals surface area contributed by atoms with E-state index in [2.05, 4.69) is 60.7 Å². The number of hydrogen-bond acceptors (Lipinski definition) is 2. The molecule has 0 aromatic carbocycles. The van der Waals surface area contributed by atoms with E-state index in [1.54, 1.807) is 0 Å². The van der Waals surface area contributed by atoms with Gasteiger partial charge in [-0.25, -0.2) is 0 Å². The maximum absolute atomic E-state index is 12.8. The molecule has 21 heavy (non-hydrogen) atoms. The number of amides is 1. The lowest BCUT2D eigenvalue weighted by Crippen LogP contribution is -2.55. The number of nitrogens with one attached hydrogen (secondary N) is 1. The molecule has 0 aliphatic rings. The topological polar surface area (TPSA) is 55.1 Å². The van der Waals surface area contributed by atoms with Crippen LogP contribution in [0.3, 0.4) is 0 Å². The van der Waals surface area contributed by atoms with Crippen LogP contribution in [0.25, 0.3) is 0 Å². The fourth-order valence-electron chi connectivity index (χ4n) is 3.10. The smallest absolute Gasteiger partial charge is 0.225 e. The average molecular weight is 299 g/mol. The lowest BCUT2D eigenvalue weighted by molar-refractivity contribution is -0.129. The van der Waals surface area contributed by atoms with Gasteiger partial charge in [0.1, 0.15) is 0 Å². The van der Waals surface area contributed by atoms with E-state index in [0.29, 0.717) is 0 Å². The third-order valence-corrected chi connectivity index (χ3v) is 3.46. The Hall–Kier alpha value is -0.570. The van der Waals surface area contributed by atoms with E-state index in [1.807, 2.05) is 13.8 Å². The van der Waals surface area contributed by atoms with Gasteiger partial charge in [0.05, 0.1) is 5.92 Å². The summed E-state index contributed by atoms with van der Waals surface area (Å²) < 4.78 is 0. The van der Waals surface area contributed by atoms with Crippen LogP contribution in [-0.2, 0) is 4.79 Å². The predicted octanol–water partition coefficient (Wildman–Crippen LogP) is 4.11. The van der Waals surface area contributed by atoms with Crippen LogP contribution in [0.5, 0.6) is 0 Å². The van der Waals surface area contributed by atoms with Crippen molar-refractivity contribution in [2.24, 2.45) is 22.5 Å². The highest BCUT2D eigenvalue weighted by molar-refractivity contribution is 5.80. The highest BCUT2D eigenvalue weighted by atomic mass is 16.2. The van der Waals surface area contributed by atoms with Crippen molar-refractivity contribution >= 4 is 5.91 Å². The van der Waals surface area contributed by atoms with Gasteiger partial charge in [-0.3, -0.25) is 4.79 Å². The minimum Gasteiger partial charge on any atom is -0.351 e. The van der Waals surface area contributed by atoms with E-state index in [-0.39, 0.29) is 28.2 Å². The Morgan fingerprint density at radius 2 is 1.33 bits per heavy atom. The van der Waals surface area contributed by atoms with Crippen LogP contribution < -0.4 is 11.1 Å². The van der Waals surface area contributed by atoms with Crippen molar-refractivity contribution in [3.05, 3.63) is 0 Å². The van der Waals surface area contributed by atoms with Gasteiger partial charge in [-0.1, -0.05) is 41.5 Å². The Labute approximate surface area is 132 Å². The van der Waals surface area contributed by atoms with Crippen molar-refractivity contribution in [1.82, 2.24) is 5.32 Å². The maximum Gasteiger partial charge on any atom is 0.225 e. The summed E-state index contributed by atoms with van der Waals surface area (Å²) in [6.45, 7) is 21.1. The minimum absolute atomic E-state index is 0.0756. The maximum atomic E-state index is 12.8. The van der Waals surface area contributed by atoms with Gasteiger partial charge in [0.2, 0.25) is 5.91 Å². The van der Waals surface area contributed by atoms with Crippen LogP contribution in [0.2, 0.25) is 0 Å². The Kier molecular flexibility index (Phi) is 6.10. The number of nitrogens with two attached hydrogens (primary N) is 1. The first kappa shape index (κ1) is 20.4. The van der Waals surface area contributed by atoms with Crippen LogP contribution in [0.15, 0.2) is 0 Å². The first-order valence-corrected chi connectivity index (χ1v) is 8.04. The van der Waals surface area contributed by atoms with Crippen LogP contribution in [-0.4, -0.2) is 17.0 Å². The molecule has 3 N–H and O–H groups in total. The van der Waals surface area contributed by atoms with Crippen molar-refractivity contribution in [3.8, 4) is 0 Å². The number of rotatable bonds is 5. The minimum atomic E-state index is -0.519. The molecule has 0 rings (SSSR count). The zero-order valence-corrected chi connectivity index (χ0v) is 16.0. The van der Waals surface area contributed by atoms with E-state index in [4.69, 9.17) is 5.73 Å². The van der Waals surface area contributed by atoms with Gasteiger partial charge in [-0.2, -0.15) is 0 Å². The van der Waals surface area contributed by atoms with Crippen LogP contribution in [0.1, 0.15) is 82.1 Å². The van der Waals surface area contributed by atoms with Gasteiger partial charge in [-0.05, 0) is 51.4 Å². The summed E-state index contributed by atoms with van der Waals surface area (Å²) in [5, 5.41) is 3.22. The molecule has 0 aliphatic carbocycles. The lowest BCUT2D eigenvalue weighted by Gasteiger charge is -2.39. The van der Waals surface area contributed by atoms with Gasteiger partial charge in [-0.15, -0.1) is 0 Å². The Balaban J connectivity index is 5.08. The second-order valence-electron chi connectivity index (χ2n) is 10.2. The van der Waals surface area contributed by atoms with Crippen molar-refractivity contribution < 1.29 is 4.79 Å².